The Labute approximate surface area is 144 Å². The van der Waals surface area contributed by atoms with Gasteiger partial charge < -0.3 is 4.74 Å². The van der Waals surface area contributed by atoms with E-state index in [0.29, 0.717) is 5.75 Å². The van der Waals surface area contributed by atoms with E-state index in [1.54, 1.807) is 6.07 Å². The maximum absolute atomic E-state index is 10.6. The van der Waals surface area contributed by atoms with Crippen molar-refractivity contribution < 1.29 is 9.53 Å². The first-order valence-electron chi connectivity index (χ1n) is 8.15. The molecule has 0 amide bonds. The van der Waals surface area contributed by atoms with Crippen molar-refractivity contribution in [1.82, 2.24) is 0 Å². The Kier molecular flexibility index (Phi) is 2.98. The normalized spacial score (nSPS) is 11.4. The number of hydrogen-bond acceptors (Lipinski definition) is 2. The molecule has 2 nitrogen and oxygen atoms in total. The van der Waals surface area contributed by atoms with Gasteiger partial charge in [-0.15, -0.1) is 0 Å². The van der Waals surface area contributed by atoms with Crippen LogP contribution in [-0.2, 0) is 4.79 Å². The van der Waals surface area contributed by atoms with Crippen molar-refractivity contribution in [3.8, 4) is 5.75 Å². The minimum atomic E-state index is 0.535. The number of carbonyl (C=O) groups excluding carboxylic acids is 1. The van der Waals surface area contributed by atoms with Gasteiger partial charge in [0.15, 0.2) is 0 Å². The molecule has 0 saturated carbocycles. The molecule has 0 atom stereocenters. The number of hydrogen-bond donors (Lipinski definition) is 0. The minimum Gasteiger partial charge on any atom is -0.417 e. The van der Waals surface area contributed by atoms with E-state index in [2.05, 4.69) is 60.7 Å². The molecular formula is C23H13O2. The summed E-state index contributed by atoms with van der Waals surface area (Å²) in [6.07, 6.45) is 0. The number of rotatable bonds is 2. The van der Waals surface area contributed by atoms with Crippen molar-refractivity contribution in [2.24, 2.45) is 0 Å². The maximum atomic E-state index is 10.6. The van der Waals surface area contributed by atoms with Crippen LogP contribution in [0.5, 0.6) is 5.75 Å². The summed E-state index contributed by atoms with van der Waals surface area (Å²) in [7, 11) is 0. The standard InChI is InChI=1S/C23H13O2/c24-14-25-23-7-3-6-17-10-20-11-18-8-15-4-1-2-5-16(15)9-19(18)12-21(20)13-22(17)23/h1-13H. The molecule has 0 aliphatic heterocycles. The van der Waals surface area contributed by atoms with E-state index in [4.69, 9.17) is 4.74 Å². The van der Waals surface area contributed by atoms with Gasteiger partial charge in [0.1, 0.15) is 5.75 Å². The van der Waals surface area contributed by atoms with Crippen molar-refractivity contribution in [1.29, 1.82) is 0 Å². The van der Waals surface area contributed by atoms with Gasteiger partial charge in [-0.1, -0.05) is 36.4 Å². The van der Waals surface area contributed by atoms with Crippen molar-refractivity contribution >= 4 is 49.6 Å². The molecule has 0 aromatic heterocycles. The van der Waals surface area contributed by atoms with Crippen molar-refractivity contribution in [2.75, 3.05) is 0 Å². The quantitative estimate of drug-likeness (QED) is 0.387. The van der Waals surface area contributed by atoms with Gasteiger partial charge in [-0.3, -0.25) is 0 Å². The lowest BCUT2D eigenvalue weighted by atomic mass is 9.97. The van der Waals surface area contributed by atoms with E-state index in [1.165, 1.54) is 33.4 Å². The summed E-state index contributed by atoms with van der Waals surface area (Å²) in [6.45, 7) is 1.52. The van der Waals surface area contributed by atoms with Gasteiger partial charge in [0, 0.05) is 5.39 Å². The highest BCUT2D eigenvalue weighted by Gasteiger charge is 2.06. The first kappa shape index (κ1) is 14.0. The fourth-order valence-corrected chi connectivity index (χ4v) is 3.58. The lowest BCUT2D eigenvalue weighted by Gasteiger charge is -2.08. The zero-order chi connectivity index (χ0) is 16.8. The fourth-order valence-electron chi connectivity index (χ4n) is 3.58. The Morgan fingerprint density at radius 1 is 0.560 bits per heavy atom. The number of benzene rings is 5. The monoisotopic (exact) mass is 321 g/mol. The molecule has 25 heavy (non-hydrogen) atoms. The molecule has 0 fully saturated rings. The summed E-state index contributed by atoms with van der Waals surface area (Å²) in [4.78, 5) is 10.6. The Morgan fingerprint density at radius 2 is 1.08 bits per heavy atom. The maximum Gasteiger partial charge on any atom is 0.423 e. The number of fused-ring (bicyclic) bond motifs is 4. The molecular weight excluding hydrogens is 308 g/mol. The van der Waals surface area contributed by atoms with Gasteiger partial charge >= 0.3 is 6.47 Å². The molecule has 5 aromatic rings. The highest BCUT2D eigenvalue weighted by atomic mass is 16.5. The third-order valence-corrected chi connectivity index (χ3v) is 4.77. The van der Waals surface area contributed by atoms with Gasteiger partial charge in [0.25, 0.3) is 0 Å². The van der Waals surface area contributed by atoms with Crippen LogP contribution in [-0.4, -0.2) is 6.47 Å². The van der Waals surface area contributed by atoms with Crippen LogP contribution in [0, 0.1) is 0 Å². The zero-order valence-corrected chi connectivity index (χ0v) is 13.3. The Bertz CT molecular complexity index is 1290. The Balaban J connectivity index is 1.86. The lowest BCUT2D eigenvalue weighted by Crippen LogP contribution is -1.89. The average Bonchev–Trinajstić information content (AvgIpc) is 2.64. The SMILES string of the molecule is O=[C]Oc1cccc2cc3cc4cc5ccccc5cc4cc3cc12. The largest absolute Gasteiger partial charge is 0.423 e. The lowest BCUT2D eigenvalue weighted by molar-refractivity contribution is 0.445. The molecule has 117 valence electrons. The second kappa shape index (κ2) is 5.32. The van der Waals surface area contributed by atoms with Crippen molar-refractivity contribution in [3.63, 3.8) is 0 Å². The smallest absolute Gasteiger partial charge is 0.417 e. The molecule has 0 aliphatic rings. The van der Waals surface area contributed by atoms with E-state index in [9.17, 15) is 4.79 Å². The van der Waals surface area contributed by atoms with Crippen LogP contribution in [0.1, 0.15) is 0 Å². The fraction of sp³-hybridized carbons (Fsp3) is 0. The van der Waals surface area contributed by atoms with Gasteiger partial charge in [-0.05, 0) is 80.2 Å². The van der Waals surface area contributed by atoms with E-state index < -0.39 is 0 Å². The number of ether oxygens (including phenoxy) is 1. The van der Waals surface area contributed by atoms with Crippen LogP contribution in [0.3, 0.4) is 0 Å². The molecule has 5 rings (SSSR count). The molecule has 2 heteroatoms. The Hall–Kier alpha value is -3.39. The molecule has 0 spiro atoms. The van der Waals surface area contributed by atoms with Crippen LogP contribution in [0.4, 0.5) is 0 Å². The molecule has 0 heterocycles. The third-order valence-electron chi connectivity index (χ3n) is 4.77. The summed E-state index contributed by atoms with van der Waals surface area (Å²) in [5.74, 6) is 0.535. The van der Waals surface area contributed by atoms with E-state index in [0.717, 1.165) is 16.2 Å². The van der Waals surface area contributed by atoms with Gasteiger partial charge in [-0.25, -0.2) is 4.79 Å². The molecule has 5 aromatic carbocycles. The molecule has 1 radical (unpaired) electrons. The van der Waals surface area contributed by atoms with Crippen LogP contribution < -0.4 is 4.74 Å². The van der Waals surface area contributed by atoms with E-state index in [1.807, 2.05) is 12.1 Å². The van der Waals surface area contributed by atoms with Crippen LogP contribution in [0.25, 0.3) is 43.1 Å². The van der Waals surface area contributed by atoms with E-state index in [-0.39, 0.29) is 0 Å². The summed E-state index contributed by atoms with van der Waals surface area (Å²) in [5.41, 5.74) is 0. The van der Waals surface area contributed by atoms with Gasteiger partial charge in [-0.2, -0.15) is 0 Å². The minimum absolute atomic E-state index is 0.535. The highest BCUT2D eigenvalue weighted by Crippen LogP contribution is 2.33. The third kappa shape index (κ3) is 2.23. The molecule has 0 unspecified atom stereocenters. The second-order valence-electron chi connectivity index (χ2n) is 6.26. The molecule has 0 N–H and O–H groups in total. The van der Waals surface area contributed by atoms with E-state index >= 15 is 0 Å². The van der Waals surface area contributed by atoms with Crippen LogP contribution in [0.2, 0.25) is 0 Å². The van der Waals surface area contributed by atoms with Crippen molar-refractivity contribution in [2.45, 2.75) is 0 Å². The molecule has 0 aliphatic carbocycles. The van der Waals surface area contributed by atoms with Crippen LogP contribution >= 0.6 is 0 Å². The molecule has 0 bridgehead atoms. The highest BCUT2D eigenvalue weighted by molar-refractivity contribution is 6.09. The first-order chi connectivity index (χ1) is 12.3. The summed E-state index contributed by atoms with van der Waals surface area (Å²) in [5, 5.41) is 9.14. The van der Waals surface area contributed by atoms with Gasteiger partial charge in [0.2, 0.25) is 0 Å². The second-order valence-corrected chi connectivity index (χ2v) is 6.26. The average molecular weight is 321 g/mol. The van der Waals surface area contributed by atoms with Gasteiger partial charge in [0.05, 0.1) is 0 Å². The van der Waals surface area contributed by atoms with Crippen LogP contribution in [0.15, 0.2) is 78.9 Å². The predicted molar refractivity (Wildman–Crippen MR) is 103 cm³/mol. The Morgan fingerprint density at radius 3 is 1.72 bits per heavy atom. The van der Waals surface area contributed by atoms with Crippen molar-refractivity contribution in [3.05, 3.63) is 78.9 Å². The zero-order valence-electron chi connectivity index (χ0n) is 13.3. The molecule has 0 saturated heterocycles. The topological polar surface area (TPSA) is 26.3 Å². The summed E-state index contributed by atoms with van der Waals surface area (Å²) < 4.78 is 5.01. The summed E-state index contributed by atoms with van der Waals surface area (Å²) >= 11 is 0. The predicted octanol–water partition coefficient (Wildman–Crippen LogP) is 5.75. The first-order valence-corrected chi connectivity index (χ1v) is 8.15. The summed E-state index contributed by atoms with van der Waals surface area (Å²) in [6, 6.07) is 27.2.